The predicted molar refractivity (Wildman–Crippen MR) is 253 cm³/mol. The van der Waals surface area contributed by atoms with Crippen LogP contribution in [0.4, 0.5) is 0 Å². The first-order valence-electron chi connectivity index (χ1n) is 20.5. The smallest absolute Gasteiger partial charge is 0.326 e. The number of benzene rings is 3. The van der Waals surface area contributed by atoms with Gasteiger partial charge in [0.1, 0.15) is 15.9 Å². The van der Waals surface area contributed by atoms with Crippen LogP contribution < -0.4 is 5.32 Å². The Morgan fingerprint density at radius 3 is 1.76 bits per heavy atom. The zero-order valence-corrected chi connectivity index (χ0v) is 40.2. The molecule has 3 aromatic carbocycles. The molecule has 0 bridgehead atoms. The Hall–Kier alpha value is -3.32. The van der Waals surface area contributed by atoms with Crippen molar-refractivity contribution in [2.24, 2.45) is 5.92 Å². The number of nitrogens with zero attached hydrogens (tertiary/aromatic N) is 1. The minimum atomic E-state index is -3.02. The second-order valence-electron chi connectivity index (χ2n) is 12.7. The van der Waals surface area contributed by atoms with Gasteiger partial charge in [0.05, 0.1) is 11.7 Å². The molecule has 4 rings (SSSR count). The Kier molecular flexibility index (Phi) is 37.4. The molecule has 330 valence electrons. The third kappa shape index (κ3) is 27.4. The number of aryl methyl sites for hydroxylation is 2. The van der Waals surface area contributed by atoms with Crippen molar-refractivity contribution >= 4 is 51.2 Å². The number of carbonyl (C=O) groups excluding carboxylic acids is 1. The average Bonchev–Trinajstić information content (AvgIpc) is 3.74. The molecule has 1 fully saturated rings. The molecule has 3 N–H and O–H groups in total. The molecule has 9 nitrogen and oxygen atoms in total. The maximum Gasteiger partial charge on any atom is 0.326 e. The molecule has 0 saturated carbocycles. The van der Waals surface area contributed by atoms with Crippen molar-refractivity contribution in [2.75, 3.05) is 49.6 Å². The third-order valence-corrected chi connectivity index (χ3v) is 9.80. The summed E-state index contributed by atoms with van der Waals surface area (Å²) in [7, 11) is -3.02. The van der Waals surface area contributed by atoms with Crippen LogP contribution in [0.2, 0.25) is 0 Å². The topological polar surface area (TPSA) is 141 Å². The number of carboxylic acid groups (broad SMARTS) is 2. The lowest BCUT2D eigenvalue weighted by Gasteiger charge is -2.19. The number of sulfone groups is 1. The number of amides is 1. The molecular weight excluding hydrogens is 789 g/mol. The third-order valence-electron chi connectivity index (χ3n) is 8.18. The molecule has 2 atom stereocenters. The molecule has 0 aliphatic carbocycles. The Morgan fingerprint density at radius 1 is 0.776 bits per heavy atom. The van der Waals surface area contributed by atoms with Crippen molar-refractivity contribution in [3.63, 3.8) is 0 Å². The fourth-order valence-corrected chi connectivity index (χ4v) is 6.39. The fraction of sp³-hybridized carbons (Fsp3) is 0.543. The summed E-state index contributed by atoms with van der Waals surface area (Å²) in [4.78, 5) is 37.3. The van der Waals surface area contributed by atoms with Crippen LogP contribution in [0.1, 0.15) is 108 Å². The van der Waals surface area contributed by atoms with Gasteiger partial charge in [-0.2, -0.15) is 23.5 Å². The number of aliphatic carboxylic acids is 2. The van der Waals surface area contributed by atoms with Crippen molar-refractivity contribution in [3.05, 3.63) is 95.1 Å². The Labute approximate surface area is 361 Å². The van der Waals surface area contributed by atoms with Gasteiger partial charge in [0, 0.05) is 18.4 Å². The van der Waals surface area contributed by atoms with Crippen LogP contribution in [0, 0.1) is 12.8 Å². The van der Waals surface area contributed by atoms with Gasteiger partial charge in [0.2, 0.25) is 0 Å². The number of likely N-dealkylation sites (tertiary alicyclic amines) is 1. The van der Waals surface area contributed by atoms with Crippen LogP contribution in [0.15, 0.2) is 72.8 Å². The number of hydrogen-bond acceptors (Lipinski definition) is 8. The van der Waals surface area contributed by atoms with Crippen LogP contribution in [-0.2, 0) is 32.4 Å². The van der Waals surface area contributed by atoms with Crippen molar-refractivity contribution < 1.29 is 33.0 Å². The van der Waals surface area contributed by atoms with Gasteiger partial charge in [-0.25, -0.2) is 13.2 Å². The highest BCUT2D eigenvalue weighted by Gasteiger charge is 2.23. The van der Waals surface area contributed by atoms with Crippen molar-refractivity contribution in [1.29, 1.82) is 0 Å². The van der Waals surface area contributed by atoms with E-state index in [2.05, 4.69) is 47.5 Å². The zero-order chi connectivity index (χ0) is 45.1. The van der Waals surface area contributed by atoms with Crippen LogP contribution in [0.5, 0.6) is 0 Å². The first-order chi connectivity index (χ1) is 27.7. The molecule has 2 unspecified atom stereocenters. The molecular formula is C46H76N2O7S3. The van der Waals surface area contributed by atoms with Crippen molar-refractivity contribution in [2.45, 2.75) is 107 Å². The number of hydrogen-bond donors (Lipinski definition) is 3. The quantitative estimate of drug-likeness (QED) is 0.143. The lowest BCUT2D eigenvalue weighted by Crippen LogP contribution is -2.41. The minimum absolute atomic E-state index is 0.0551. The molecule has 3 aromatic rings. The molecule has 1 saturated heterocycles. The van der Waals surface area contributed by atoms with Gasteiger partial charge in [-0.15, -0.1) is 0 Å². The Balaban J connectivity index is -0.000000883. The van der Waals surface area contributed by atoms with Gasteiger partial charge in [0.15, 0.2) is 0 Å². The molecule has 12 heteroatoms. The van der Waals surface area contributed by atoms with E-state index in [0.29, 0.717) is 17.7 Å². The van der Waals surface area contributed by atoms with E-state index in [1.54, 1.807) is 23.5 Å². The summed E-state index contributed by atoms with van der Waals surface area (Å²) in [6.45, 7) is 20.8. The van der Waals surface area contributed by atoms with E-state index in [-0.39, 0.29) is 18.1 Å². The van der Waals surface area contributed by atoms with Gasteiger partial charge in [-0.3, -0.25) is 14.5 Å². The van der Waals surface area contributed by atoms with E-state index in [1.165, 1.54) is 30.9 Å². The number of nitrogens with one attached hydrogen (secondary N) is 1. The lowest BCUT2D eigenvalue weighted by molar-refractivity contribution is -0.141. The maximum atomic E-state index is 13.1. The van der Waals surface area contributed by atoms with Gasteiger partial charge < -0.3 is 15.5 Å². The monoisotopic (exact) mass is 864 g/mol. The number of thioether (sulfide) groups is 2. The summed E-state index contributed by atoms with van der Waals surface area (Å²) in [5.74, 6) is -2.25. The Bertz CT molecular complexity index is 1610. The van der Waals surface area contributed by atoms with E-state index < -0.39 is 33.7 Å². The Morgan fingerprint density at radius 2 is 1.31 bits per heavy atom. The number of carbonyl (C=O) groups is 3. The summed E-state index contributed by atoms with van der Waals surface area (Å²) in [6.07, 6.45) is 11.3. The molecule has 1 aliphatic rings. The van der Waals surface area contributed by atoms with Crippen LogP contribution in [0.3, 0.4) is 0 Å². The minimum Gasteiger partial charge on any atom is -0.481 e. The second-order valence-corrected chi connectivity index (χ2v) is 16.8. The lowest BCUT2D eigenvalue weighted by atomic mass is 9.93. The SMILES string of the molecule is CC.CC.CC.CC(CCS(C)(=O)=O)C(=O)O.CCc1ccccc1.CSC.CSCCC(NC(=O)c1ccc(CN2CCCC2)cc1-c1ccccc1C)C(=O)O. The molecule has 0 aromatic heterocycles. The fourth-order valence-electron chi connectivity index (χ4n) is 5.14. The van der Waals surface area contributed by atoms with Gasteiger partial charge in [-0.05, 0) is 117 Å². The summed E-state index contributed by atoms with van der Waals surface area (Å²) in [5.41, 5.74) is 6.04. The van der Waals surface area contributed by atoms with E-state index >= 15 is 0 Å². The van der Waals surface area contributed by atoms with E-state index in [0.717, 1.165) is 49.0 Å². The van der Waals surface area contributed by atoms with Crippen molar-refractivity contribution in [3.8, 4) is 11.1 Å². The normalized spacial score (nSPS) is 12.4. The molecule has 0 spiro atoms. The predicted octanol–water partition coefficient (Wildman–Crippen LogP) is 10.6. The number of rotatable bonds is 14. The molecule has 0 radical (unpaired) electrons. The highest BCUT2D eigenvalue weighted by molar-refractivity contribution is 7.98. The van der Waals surface area contributed by atoms with Crippen LogP contribution in [0.25, 0.3) is 11.1 Å². The van der Waals surface area contributed by atoms with Crippen LogP contribution in [-0.4, -0.2) is 97.0 Å². The summed E-state index contributed by atoms with van der Waals surface area (Å²) < 4.78 is 21.1. The van der Waals surface area contributed by atoms with Gasteiger partial charge >= 0.3 is 11.9 Å². The first kappa shape index (κ1) is 59.0. The summed E-state index contributed by atoms with van der Waals surface area (Å²) >= 11 is 3.32. The first-order valence-corrected chi connectivity index (χ1v) is 25.5. The summed E-state index contributed by atoms with van der Waals surface area (Å²) in [5, 5.41) is 20.6. The molecule has 1 aliphatic heterocycles. The highest BCUT2D eigenvalue weighted by Crippen LogP contribution is 2.29. The van der Waals surface area contributed by atoms with E-state index in [1.807, 2.05) is 110 Å². The highest BCUT2D eigenvalue weighted by atomic mass is 32.2. The van der Waals surface area contributed by atoms with E-state index in [4.69, 9.17) is 5.11 Å². The van der Waals surface area contributed by atoms with Crippen molar-refractivity contribution in [1.82, 2.24) is 10.2 Å². The molecule has 1 amide bonds. The molecule has 1 heterocycles. The van der Waals surface area contributed by atoms with Crippen LogP contribution >= 0.6 is 23.5 Å². The largest absolute Gasteiger partial charge is 0.481 e. The second kappa shape index (κ2) is 36.7. The standard InChI is InChI=1S/C24H30N2O3S.C8H10.C6H12O4S.C2H6S.3C2H6/c1-17-7-3-4-8-19(17)21-15-18(16-26-12-5-6-13-26)9-10-20(21)23(27)25-22(24(28)29)11-14-30-2;1-2-8-6-4-3-5-7-8;1-5(6(7)8)3-4-11(2,9)10;1-3-2;3*1-2/h3-4,7-10,15,22H,5-6,11-14,16H2,1-2H3,(H,25,27)(H,28,29);3-7H,2H2,1H3;5H,3-4H2,1-2H3,(H,7,8);1-2H3;3*1-2H3. The van der Waals surface area contributed by atoms with E-state index in [9.17, 15) is 27.9 Å². The van der Waals surface area contributed by atoms with Gasteiger partial charge in [0.25, 0.3) is 5.91 Å². The molecule has 58 heavy (non-hydrogen) atoms. The average molecular weight is 865 g/mol. The zero-order valence-electron chi connectivity index (χ0n) is 37.8. The maximum absolute atomic E-state index is 13.1. The number of carboxylic acids is 2. The van der Waals surface area contributed by atoms with Gasteiger partial charge in [-0.1, -0.05) is 116 Å². The summed E-state index contributed by atoms with van der Waals surface area (Å²) in [6, 6.07) is 23.5.